The smallest absolute Gasteiger partial charge is 0.255 e. The minimum absolute atomic E-state index is 0.0495. The molecule has 1 fully saturated rings. The number of likely N-dealkylation sites (tertiary alicyclic amines) is 1. The highest BCUT2D eigenvalue weighted by molar-refractivity contribution is 7.92. The van der Waals surface area contributed by atoms with E-state index in [-0.39, 0.29) is 51.3 Å². The number of hydrogen-bond donors (Lipinski definition) is 1. The van der Waals surface area contributed by atoms with Gasteiger partial charge in [0.1, 0.15) is 34.4 Å². The standard InChI is InChI=1S/C37H31F3N6O6S2/c1-41-37(47)34-24-13-23(30(44(2)54(4,50)51)15-32(24)52-36(34)21-9-8-19(38)12-26(21)40)27-10-11-28-35(43-27)31-14-22-25(39)6-5-7-29(22)46(31)33(42-28)18-45-16-20(17-45)53(3,48)49/h5-15,20H,16-18H2,1-4H3,(H,41,47). The summed E-state index contributed by atoms with van der Waals surface area (Å²) in [5.74, 6) is -2.56. The van der Waals surface area contributed by atoms with E-state index in [0.717, 1.165) is 22.7 Å². The lowest BCUT2D eigenvalue weighted by Crippen LogP contribution is -2.53. The van der Waals surface area contributed by atoms with E-state index in [1.807, 2.05) is 4.90 Å². The second-order valence-corrected chi connectivity index (χ2v) is 17.7. The summed E-state index contributed by atoms with van der Waals surface area (Å²) in [5, 5.41) is 2.55. The highest BCUT2D eigenvalue weighted by Crippen LogP contribution is 2.42. The zero-order valence-electron chi connectivity index (χ0n) is 29.2. The van der Waals surface area contributed by atoms with Gasteiger partial charge < -0.3 is 9.73 Å². The first-order valence-electron chi connectivity index (χ1n) is 16.6. The van der Waals surface area contributed by atoms with E-state index in [4.69, 9.17) is 14.4 Å². The first kappa shape index (κ1) is 35.5. The van der Waals surface area contributed by atoms with Crippen LogP contribution in [0, 0.1) is 17.5 Å². The molecule has 7 aromatic rings. The number of fused-ring (bicyclic) bond motifs is 6. The van der Waals surface area contributed by atoms with E-state index in [0.29, 0.717) is 52.4 Å². The molecule has 278 valence electrons. The Bertz CT molecular complexity index is 2960. The van der Waals surface area contributed by atoms with Crippen LogP contribution in [-0.2, 0) is 26.4 Å². The molecule has 4 aromatic heterocycles. The molecular weight excluding hydrogens is 746 g/mol. The summed E-state index contributed by atoms with van der Waals surface area (Å²) < 4.78 is 103. The summed E-state index contributed by atoms with van der Waals surface area (Å²) >= 11 is 0. The lowest BCUT2D eigenvalue weighted by atomic mass is 10.0. The Hall–Kier alpha value is -5.52. The average molecular weight is 777 g/mol. The maximum Gasteiger partial charge on any atom is 0.255 e. The van der Waals surface area contributed by atoms with Gasteiger partial charge in [-0.1, -0.05) is 6.07 Å². The van der Waals surface area contributed by atoms with Crippen molar-refractivity contribution < 1.29 is 39.2 Å². The number of halogens is 3. The molecule has 0 unspecified atom stereocenters. The molecule has 1 N–H and O–H groups in total. The van der Waals surface area contributed by atoms with Gasteiger partial charge in [-0.2, -0.15) is 0 Å². The van der Waals surface area contributed by atoms with Gasteiger partial charge in [-0.15, -0.1) is 0 Å². The monoisotopic (exact) mass is 776 g/mol. The summed E-state index contributed by atoms with van der Waals surface area (Å²) in [6, 6.07) is 15.4. The lowest BCUT2D eigenvalue weighted by Gasteiger charge is -2.37. The molecule has 1 amide bonds. The third kappa shape index (κ3) is 5.82. The van der Waals surface area contributed by atoms with Crippen molar-refractivity contribution in [2.24, 2.45) is 0 Å². The van der Waals surface area contributed by atoms with Gasteiger partial charge in [0.05, 0.1) is 57.1 Å². The number of furan rings is 1. The number of sulfone groups is 1. The molecule has 3 aromatic carbocycles. The van der Waals surface area contributed by atoms with E-state index in [9.17, 15) is 26.0 Å². The Morgan fingerprint density at radius 2 is 1.67 bits per heavy atom. The quantitative estimate of drug-likeness (QED) is 0.211. The van der Waals surface area contributed by atoms with E-state index in [2.05, 4.69) is 5.32 Å². The minimum atomic E-state index is -3.89. The van der Waals surface area contributed by atoms with Crippen molar-refractivity contribution in [3.63, 3.8) is 0 Å². The second-order valence-electron chi connectivity index (χ2n) is 13.4. The van der Waals surface area contributed by atoms with Crippen molar-refractivity contribution in [2.75, 3.05) is 44.0 Å². The Morgan fingerprint density at radius 3 is 2.35 bits per heavy atom. The highest BCUT2D eigenvalue weighted by atomic mass is 32.2. The Labute approximate surface area is 306 Å². The molecule has 54 heavy (non-hydrogen) atoms. The maximum atomic E-state index is 15.2. The summed E-state index contributed by atoms with van der Waals surface area (Å²) in [4.78, 5) is 25.2. The second kappa shape index (κ2) is 12.5. The Morgan fingerprint density at radius 1 is 0.907 bits per heavy atom. The zero-order chi connectivity index (χ0) is 38.4. The van der Waals surface area contributed by atoms with Gasteiger partial charge in [0.25, 0.3) is 5.91 Å². The molecule has 1 aliphatic heterocycles. The van der Waals surface area contributed by atoms with Gasteiger partial charge in [-0.05, 0) is 48.5 Å². The predicted octanol–water partition coefficient (Wildman–Crippen LogP) is 5.52. The fraction of sp³-hybridized carbons (Fsp3) is 0.216. The number of sulfonamides is 1. The van der Waals surface area contributed by atoms with E-state index < -0.39 is 48.5 Å². The average Bonchev–Trinajstić information content (AvgIpc) is 3.67. The Kier molecular flexibility index (Phi) is 8.24. The third-order valence-electron chi connectivity index (χ3n) is 9.86. The van der Waals surface area contributed by atoms with Crippen molar-refractivity contribution in [1.82, 2.24) is 24.6 Å². The van der Waals surface area contributed by atoms with E-state index in [1.165, 1.54) is 38.6 Å². The van der Waals surface area contributed by atoms with E-state index in [1.54, 1.807) is 34.7 Å². The summed E-state index contributed by atoms with van der Waals surface area (Å²) in [7, 11) is -4.39. The fourth-order valence-corrected chi connectivity index (χ4v) is 8.41. The molecule has 5 heterocycles. The molecule has 1 aliphatic rings. The number of carbonyl (C=O) groups is 1. The molecule has 8 rings (SSSR count). The predicted molar refractivity (Wildman–Crippen MR) is 199 cm³/mol. The first-order valence-corrected chi connectivity index (χ1v) is 20.4. The van der Waals surface area contributed by atoms with Crippen molar-refractivity contribution in [3.8, 4) is 22.6 Å². The molecule has 12 nitrogen and oxygen atoms in total. The van der Waals surface area contributed by atoms with Crippen LogP contribution in [0.25, 0.3) is 61.0 Å². The molecule has 0 bridgehead atoms. The highest BCUT2D eigenvalue weighted by Gasteiger charge is 2.35. The van der Waals surface area contributed by atoms with Crippen LogP contribution in [0.5, 0.6) is 0 Å². The number of rotatable bonds is 8. The molecule has 0 saturated carbocycles. The van der Waals surface area contributed by atoms with Crippen molar-refractivity contribution in [3.05, 3.63) is 95.6 Å². The zero-order valence-corrected chi connectivity index (χ0v) is 30.8. The van der Waals surface area contributed by atoms with E-state index >= 15 is 8.78 Å². The van der Waals surface area contributed by atoms with Gasteiger partial charge in [-0.3, -0.25) is 18.4 Å². The molecular formula is C37H31F3N6O6S2. The van der Waals surface area contributed by atoms with Crippen LogP contribution < -0.4 is 9.62 Å². The molecule has 0 atom stereocenters. The van der Waals surface area contributed by atoms with Crippen LogP contribution in [0.2, 0.25) is 0 Å². The number of carbonyl (C=O) groups excluding carboxylic acids is 1. The maximum absolute atomic E-state index is 15.2. The van der Waals surface area contributed by atoms with Crippen LogP contribution in [0.15, 0.2) is 71.1 Å². The number of pyridine rings is 1. The molecule has 0 aliphatic carbocycles. The van der Waals surface area contributed by atoms with Gasteiger partial charge in [0, 0.05) is 61.9 Å². The normalized spacial score (nSPS) is 14.4. The van der Waals surface area contributed by atoms with Gasteiger partial charge in [0.2, 0.25) is 10.0 Å². The molecule has 1 saturated heterocycles. The molecule has 17 heteroatoms. The molecule has 0 spiro atoms. The largest absolute Gasteiger partial charge is 0.455 e. The van der Waals surface area contributed by atoms with Crippen LogP contribution in [0.1, 0.15) is 16.2 Å². The van der Waals surface area contributed by atoms with Crippen molar-refractivity contribution in [2.45, 2.75) is 11.8 Å². The number of aromatic nitrogens is 3. The third-order valence-corrected chi connectivity index (χ3v) is 12.6. The van der Waals surface area contributed by atoms with Gasteiger partial charge >= 0.3 is 0 Å². The number of benzene rings is 3. The Balaban J connectivity index is 1.37. The number of anilines is 1. The van der Waals surface area contributed by atoms with Gasteiger partial charge in [-0.25, -0.2) is 40.0 Å². The summed E-state index contributed by atoms with van der Waals surface area (Å²) in [6.45, 7) is 0.928. The van der Waals surface area contributed by atoms with Crippen LogP contribution in [-0.4, -0.2) is 87.0 Å². The number of nitrogens with one attached hydrogen (secondary N) is 1. The van der Waals surface area contributed by atoms with Crippen molar-refractivity contribution in [1.29, 1.82) is 0 Å². The van der Waals surface area contributed by atoms with Gasteiger partial charge in [0.15, 0.2) is 15.6 Å². The van der Waals surface area contributed by atoms with Crippen LogP contribution in [0.3, 0.4) is 0 Å². The molecule has 0 radical (unpaired) electrons. The minimum Gasteiger partial charge on any atom is -0.455 e. The number of hydrogen-bond acceptors (Lipinski definition) is 9. The van der Waals surface area contributed by atoms with Crippen molar-refractivity contribution >= 4 is 69.9 Å². The summed E-state index contributed by atoms with van der Waals surface area (Å²) in [6.07, 6.45) is 2.22. The first-order chi connectivity index (χ1) is 25.5. The van der Waals surface area contributed by atoms with Crippen LogP contribution in [0.4, 0.5) is 18.9 Å². The summed E-state index contributed by atoms with van der Waals surface area (Å²) in [5.41, 5.74) is 2.24. The fourth-order valence-electron chi connectivity index (χ4n) is 6.94. The van der Waals surface area contributed by atoms with Crippen LogP contribution >= 0.6 is 0 Å². The number of amides is 1. The number of nitrogens with zero attached hydrogens (tertiary/aromatic N) is 5. The topological polar surface area (TPSA) is 147 Å². The SMILES string of the molecule is CNC(=O)c1c(-c2ccc(F)cc2F)oc2cc(N(C)S(C)(=O)=O)c(-c3ccc4nc(CN5CC(S(C)(=O)=O)C5)n5c6cccc(F)c6cc5c4n3)cc12. The lowest BCUT2D eigenvalue weighted by molar-refractivity contribution is 0.0964.